The van der Waals surface area contributed by atoms with E-state index in [0.29, 0.717) is 29.7 Å². The lowest BCUT2D eigenvalue weighted by atomic mass is 10.1. The number of carbonyl (C=O) groups is 1. The number of amides is 1. The fourth-order valence-electron chi connectivity index (χ4n) is 2.51. The van der Waals surface area contributed by atoms with Crippen molar-refractivity contribution in [2.75, 3.05) is 24.5 Å². The molecule has 1 heterocycles. The number of benzene rings is 1. The lowest BCUT2D eigenvalue weighted by molar-refractivity contribution is 0.0159. The van der Waals surface area contributed by atoms with Crippen LogP contribution in [0.1, 0.15) is 27.7 Å². The molecular formula is C16H22Cl2N2O2. The van der Waals surface area contributed by atoms with E-state index in [4.69, 9.17) is 27.9 Å². The van der Waals surface area contributed by atoms with E-state index in [1.807, 2.05) is 39.8 Å². The minimum absolute atomic E-state index is 0.0512. The predicted octanol–water partition coefficient (Wildman–Crippen LogP) is 4.44. The Bertz CT molecular complexity index is 558. The zero-order valence-corrected chi connectivity index (χ0v) is 14.9. The van der Waals surface area contributed by atoms with Gasteiger partial charge in [-0.25, -0.2) is 4.79 Å². The molecule has 1 aliphatic rings. The van der Waals surface area contributed by atoms with E-state index in [2.05, 4.69) is 4.90 Å². The summed E-state index contributed by atoms with van der Waals surface area (Å²) in [5.41, 5.74) is 0.467. The molecule has 0 N–H and O–H groups in total. The standard InChI is InChI=1S/C16H22Cl2N2O2/c1-11-10-19(14-6-5-12(17)9-13(14)18)7-8-20(11)15(21)22-16(2,3)4/h5-6,9,11H,7-8,10H2,1-4H3/t11-/m0/s1. The van der Waals surface area contributed by atoms with Gasteiger partial charge in [0.1, 0.15) is 5.60 Å². The Morgan fingerprint density at radius 3 is 2.50 bits per heavy atom. The molecule has 6 heteroatoms. The van der Waals surface area contributed by atoms with Gasteiger partial charge in [-0.15, -0.1) is 0 Å². The van der Waals surface area contributed by atoms with Crippen LogP contribution >= 0.6 is 23.2 Å². The van der Waals surface area contributed by atoms with Gasteiger partial charge in [0.2, 0.25) is 0 Å². The summed E-state index contributed by atoms with van der Waals surface area (Å²) >= 11 is 12.2. The average Bonchev–Trinajstić information content (AvgIpc) is 2.36. The SMILES string of the molecule is C[C@H]1CN(c2ccc(Cl)cc2Cl)CCN1C(=O)OC(C)(C)C. The minimum atomic E-state index is -0.479. The van der Waals surface area contributed by atoms with Crippen LogP contribution in [-0.4, -0.2) is 42.3 Å². The maximum absolute atomic E-state index is 12.2. The van der Waals surface area contributed by atoms with Crippen LogP contribution in [0.2, 0.25) is 10.0 Å². The molecule has 0 spiro atoms. The van der Waals surface area contributed by atoms with Crippen molar-refractivity contribution >= 4 is 35.0 Å². The summed E-state index contributed by atoms with van der Waals surface area (Å²) in [5.74, 6) is 0. The van der Waals surface area contributed by atoms with E-state index in [1.54, 1.807) is 11.0 Å². The first kappa shape index (κ1) is 17.2. The van der Waals surface area contributed by atoms with E-state index < -0.39 is 5.60 Å². The first-order chi connectivity index (χ1) is 10.2. The van der Waals surface area contributed by atoms with Crippen molar-refractivity contribution in [1.29, 1.82) is 0 Å². The highest BCUT2D eigenvalue weighted by molar-refractivity contribution is 6.36. The zero-order valence-electron chi connectivity index (χ0n) is 13.4. The zero-order chi connectivity index (χ0) is 16.5. The van der Waals surface area contributed by atoms with E-state index in [0.717, 1.165) is 5.69 Å². The second-order valence-electron chi connectivity index (χ2n) is 6.56. The largest absolute Gasteiger partial charge is 0.444 e. The Kier molecular flexibility index (Phi) is 5.13. The molecular weight excluding hydrogens is 323 g/mol. The van der Waals surface area contributed by atoms with Crippen LogP contribution in [0.25, 0.3) is 0 Å². The van der Waals surface area contributed by atoms with Crippen molar-refractivity contribution < 1.29 is 9.53 Å². The van der Waals surface area contributed by atoms with Crippen molar-refractivity contribution in [3.05, 3.63) is 28.2 Å². The number of ether oxygens (including phenoxy) is 1. The normalized spacial score (nSPS) is 19.3. The second-order valence-corrected chi connectivity index (χ2v) is 7.41. The van der Waals surface area contributed by atoms with Gasteiger partial charge in [0.05, 0.1) is 10.7 Å². The Labute approximate surface area is 141 Å². The molecule has 0 aliphatic carbocycles. The smallest absolute Gasteiger partial charge is 0.410 e. The number of hydrogen-bond donors (Lipinski definition) is 0. The maximum Gasteiger partial charge on any atom is 0.410 e. The third-order valence-electron chi connectivity index (χ3n) is 3.51. The van der Waals surface area contributed by atoms with Gasteiger partial charge in [0, 0.05) is 30.7 Å². The molecule has 0 saturated carbocycles. The van der Waals surface area contributed by atoms with E-state index in [1.165, 1.54) is 0 Å². The molecule has 122 valence electrons. The molecule has 1 aromatic rings. The first-order valence-electron chi connectivity index (χ1n) is 7.37. The molecule has 1 aliphatic heterocycles. The number of halogens is 2. The summed E-state index contributed by atoms with van der Waals surface area (Å²) < 4.78 is 5.45. The molecule has 1 saturated heterocycles. The molecule has 1 atom stereocenters. The van der Waals surface area contributed by atoms with Gasteiger partial charge in [-0.1, -0.05) is 23.2 Å². The summed E-state index contributed by atoms with van der Waals surface area (Å²) in [6, 6.07) is 5.53. The van der Waals surface area contributed by atoms with Gasteiger partial charge in [-0.2, -0.15) is 0 Å². The highest BCUT2D eigenvalue weighted by atomic mass is 35.5. The van der Waals surface area contributed by atoms with Crippen molar-refractivity contribution in [2.24, 2.45) is 0 Å². The van der Waals surface area contributed by atoms with Crippen molar-refractivity contribution in [1.82, 2.24) is 4.90 Å². The quantitative estimate of drug-likeness (QED) is 0.754. The number of piperazine rings is 1. The number of nitrogens with zero attached hydrogens (tertiary/aromatic N) is 2. The van der Waals surface area contributed by atoms with E-state index in [9.17, 15) is 4.79 Å². The van der Waals surface area contributed by atoms with Gasteiger partial charge in [0.25, 0.3) is 0 Å². The van der Waals surface area contributed by atoms with Gasteiger partial charge in [-0.05, 0) is 45.9 Å². The van der Waals surface area contributed by atoms with Crippen LogP contribution in [-0.2, 0) is 4.74 Å². The Morgan fingerprint density at radius 2 is 1.95 bits per heavy atom. The van der Waals surface area contributed by atoms with Crippen LogP contribution in [0.3, 0.4) is 0 Å². The van der Waals surface area contributed by atoms with Gasteiger partial charge < -0.3 is 14.5 Å². The molecule has 1 aromatic carbocycles. The van der Waals surface area contributed by atoms with Crippen LogP contribution < -0.4 is 4.90 Å². The number of carbonyl (C=O) groups excluding carboxylic acids is 1. The molecule has 4 nitrogen and oxygen atoms in total. The topological polar surface area (TPSA) is 32.8 Å². The highest BCUT2D eigenvalue weighted by Crippen LogP contribution is 2.30. The summed E-state index contributed by atoms with van der Waals surface area (Å²) in [6.07, 6.45) is -0.262. The molecule has 1 fully saturated rings. The van der Waals surface area contributed by atoms with Crippen LogP contribution in [0.15, 0.2) is 18.2 Å². The lowest BCUT2D eigenvalue weighted by Gasteiger charge is -2.41. The molecule has 0 radical (unpaired) electrons. The Hall–Kier alpha value is -1.13. The van der Waals surface area contributed by atoms with Crippen molar-refractivity contribution in [3.8, 4) is 0 Å². The second kappa shape index (κ2) is 6.55. The van der Waals surface area contributed by atoms with Gasteiger partial charge in [-0.3, -0.25) is 0 Å². The van der Waals surface area contributed by atoms with Gasteiger partial charge in [0.15, 0.2) is 0 Å². The lowest BCUT2D eigenvalue weighted by Crippen LogP contribution is -2.55. The number of anilines is 1. The maximum atomic E-state index is 12.2. The molecule has 0 bridgehead atoms. The summed E-state index contributed by atoms with van der Waals surface area (Å²) in [5, 5.41) is 1.25. The van der Waals surface area contributed by atoms with E-state index in [-0.39, 0.29) is 12.1 Å². The molecule has 0 aromatic heterocycles. The first-order valence-corrected chi connectivity index (χ1v) is 8.12. The molecule has 0 unspecified atom stereocenters. The third-order valence-corrected chi connectivity index (χ3v) is 4.04. The van der Waals surface area contributed by atoms with Crippen molar-refractivity contribution in [3.63, 3.8) is 0 Å². The third kappa shape index (κ3) is 4.20. The monoisotopic (exact) mass is 344 g/mol. The van der Waals surface area contributed by atoms with Crippen molar-refractivity contribution in [2.45, 2.75) is 39.3 Å². The number of rotatable bonds is 1. The summed E-state index contributed by atoms with van der Waals surface area (Å²) in [4.78, 5) is 16.2. The molecule has 2 rings (SSSR count). The fourth-order valence-corrected chi connectivity index (χ4v) is 3.03. The minimum Gasteiger partial charge on any atom is -0.444 e. The molecule has 22 heavy (non-hydrogen) atoms. The summed E-state index contributed by atoms with van der Waals surface area (Å²) in [7, 11) is 0. The fraction of sp³-hybridized carbons (Fsp3) is 0.562. The summed E-state index contributed by atoms with van der Waals surface area (Å²) in [6.45, 7) is 9.67. The molecule has 1 amide bonds. The highest BCUT2D eigenvalue weighted by Gasteiger charge is 2.31. The van der Waals surface area contributed by atoms with E-state index >= 15 is 0 Å². The Morgan fingerprint density at radius 1 is 1.27 bits per heavy atom. The number of hydrogen-bond acceptors (Lipinski definition) is 3. The van der Waals surface area contributed by atoms with Crippen LogP contribution in [0.4, 0.5) is 10.5 Å². The average molecular weight is 345 g/mol. The van der Waals surface area contributed by atoms with Gasteiger partial charge >= 0.3 is 6.09 Å². The Balaban J connectivity index is 2.05. The predicted molar refractivity (Wildman–Crippen MR) is 91.1 cm³/mol. The van der Waals surface area contributed by atoms with Crippen LogP contribution in [0, 0.1) is 0 Å². The van der Waals surface area contributed by atoms with Crippen LogP contribution in [0.5, 0.6) is 0 Å².